The first kappa shape index (κ1) is 36.2. The number of benzene rings is 8. The van der Waals surface area contributed by atoms with Crippen molar-refractivity contribution in [3.63, 3.8) is 0 Å². The molecule has 6 heterocycles. The Hall–Kier alpha value is -9.35. The summed E-state index contributed by atoms with van der Waals surface area (Å²) in [6.07, 6.45) is 0. The molecule has 0 atom stereocenters. The third kappa shape index (κ3) is 5.16. The number of rotatable bonds is 6. The van der Waals surface area contributed by atoms with E-state index >= 15 is 4.79 Å². The average molecular weight is 849 g/mol. The summed E-state index contributed by atoms with van der Waals surface area (Å²) in [6.45, 7) is 0. The summed E-state index contributed by atoms with van der Waals surface area (Å²) >= 11 is 0. The van der Waals surface area contributed by atoms with E-state index in [1.807, 2.05) is 164 Å². The predicted octanol–water partition coefficient (Wildman–Crippen LogP) is 11.7. The van der Waals surface area contributed by atoms with Gasteiger partial charge in [0.1, 0.15) is 0 Å². The Morgan fingerprint density at radius 3 is 0.591 bits per heavy atom. The van der Waals surface area contributed by atoms with E-state index < -0.39 is 5.78 Å². The Labute approximate surface area is 374 Å². The molecule has 0 saturated carbocycles. The normalized spacial score (nSPS) is 12.0. The summed E-state index contributed by atoms with van der Waals surface area (Å²) in [6, 6.07) is 65.2. The molecule has 14 rings (SSSR count). The van der Waals surface area contributed by atoms with Gasteiger partial charge in [0, 0.05) is 43.1 Å². The van der Waals surface area contributed by atoms with Crippen LogP contribution in [0.5, 0.6) is 0 Å². The van der Waals surface area contributed by atoms with Gasteiger partial charge in [-0.05, 0) is 48.5 Å². The highest BCUT2D eigenvalue weighted by atomic mass is 16.1. The fourth-order valence-corrected chi connectivity index (χ4v) is 9.96. The number of carbonyl (C=O) groups excluding carboxylic acids is 1. The maximum Gasteiger partial charge on any atom is 0.267 e. The molecule has 0 unspecified atom stereocenters. The third-order valence-corrected chi connectivity index (χ3v) is 12.8. The summed E-state index contributed by atoms with van der Waals surface area (Å²) in [5, 5.41) is 8.25. The molecular weight excluding hydrogens is 817 g/mol. The molecule has 0 bridgehead atoms. The lowest BCUT2D eigenvalue weighted by atomic mass is 10.2. The molecule has 66 heavy (non-hydrogen) atoms. The first-order valence-corrected chi connectivity index (χ1v) is 21.7. The number of hydrogen-bond acceptors (Lipinski definition) is 7. The van der Waals surface area contributed by atoms with Gasteiger partial charge in [0.15, 0.2) is 0 Å². The molecule has 0 N–H and O–H groups in total. The molecule has 0 radical (unpaired) electrons. The second kappa shape index (κ2) is 13.8. The van der Waals surface area contributed by atoms with Gasteiger partial charge in [-0.1, -0.05) is 146 Å². The maximum absolute atomic E-state index is 15.7. The van der Waals surface area contributed by atoms with Gasteiger partial charge in [-0.15, -0.1) is 0 Å². The zero-order valence-corrected chi connectivity index (χ0v) is 34.9. The number of fused-ring (bicyclic) bond motifs is 12. The van der Waals surface area contributed by atoms with Gasteiger partial charge in [-0.2, -0.15) is 29.9 Å². The smallest absolute Gasteiger partial charge is 0.267 e. The zero-order valence-electron chi connectivity index (χ0n) is 34.9. The molecular formula is C55H32N10O. The average Bonchev–Trinajstić information content (AvgIpc) is 4.11. The van der Waals surface area contributed by atoms with Crippen molar-refractivity contribution in [3.8, 4) is 23.8 Å². The van der Waals surface area contributed by atoms with Crippen LogP contribution in [0.1, 0.15) is 16.4 Å². The lowest BCUT2D eigenvalue weighted by Gasteiger charge is -2.13. The van der Waals surface area contributed by atoms with Gasteiger partial charge < -0.3 is 0 Å². The Morgan fingerprint density at radius 2 is 0.409 bits per heavy atom. The van der Waals surface area contributed by atoms with Crippen LogP contribution < -0.4 is 0 Å². The third-order valence-electron chi connectivity index (χ3n) is 12.8. The lowest BCUT2D eigenvalue weighted by molar-refractivity contribution is 0.101. The van der Waals surface area contributed by atoms with Crippen molar-refractivity contribution in [2.45, 2.75) is 0 Å². The second-order valence-corrected chi connectivity index (χ2v) is 16.3. The van der Waals surface area contributed by atoms with Crippen LogP contribution in [0.3, 0.4) is 0 Å². The Morgan fingerprint density at radius 1 is 0.242 bits per heavy atom. The molecule has 11 nitrogen and oxygen atoms in total. The molecule has 0 amide bonds. The first-order valence-electron chi connectivity index (χ1n) is 21.7. The highest BCUT2D eigenvalue weighted by molar-refractivity contribution is 6.12. The SMILES string of the molecule is O=C(c1nc(-n2c3ccccc3c3ccccc32)nc(-n2c3ccccc3c3ccccc32)n1)c1nc(-n2c3ccccc3c3ccccc32)nc(-n2c3ccccc3c3ccccc32)n1. The molecule has 14 aromatic rings. The van der Waals surface area contributed by atoms with Crippen molar-refractivity contribution in [1.82, 2.24) is 48.2 Å². The summed E-state index contributed by atoms with van der Waals surface area (Å²) in [7, 11) is 0. The van der Waals surface area contributed by atoms with E-state index in [0.29, 0.717) is 0 Å². The quantitative estimate of drug-likeness (QED) is 0.153. The number of nitrogens with zero attached hydrogens (tertiary/aromatic N) is 10. The first-order chi connectivity index (χ1) is 32.7. The highest BCUT2D eigenvalue weighted by Gasteiger charge is 2.27. The van der Waals surface area contributed by atoms with Crippen molar-refractivity contribution in [1.29, 1.82) is 0 Å². The van der Waals surface area contributed by atoms with E-state index in [9.17, 15) is 0 Å². The van der Waals surface area contributed by atoms with E-state index in [2.05, 4.69) is 48.5 Å². The van der Waals surface area contributed by atoms with Gasteiger partial charge in [-0.25, -0.2) is 0 Å². The monoisotopic (exact) mass is 848 g/mol. The fraction of sp³-hybridized carbons (Fsp3) is 0. The van der Waals surface area contributed by atoms with Crippen LogP contribution in [-0.4, -0.2) is 54.0 Å². The summed E-state index contributed by atoms with van der Waals surface area (Å²) in [5.41, 5.74) is 7.10. The summed E-state index contributed by atoms with van der Waals surface area (Å²) in [5.74, 6) is 0.290. The molecule has 0 aliphatic carbocycles. The Kier molecular flexibility index (Phi) is 7.57. The van der Waals surface area contributed by atoms with Gasteiger partial charge in [-0.3, -0.25) is 23.1 Å². The molecule has 308 valence electrons. The molecule has 6 aromatic heterocycles. The molecule has 11 heteroatoms. The van der Waals surface area contributed by atoms with Gasteiger partial charge in [0.2, 0.25) is 35.4 Å². The molecule has 0 spiro atoms. The fourth-order valence-electron chi connectivity index (χ4n) is 9.96. The molecule has 8 aromatic carbocycles. The zero-order chi connectivity index (χ0) is 43.5. The van der Waals surface area contributed by atoms with E-state index in [0.717, 1.165) is 87.2 Å². The minimum Gasteiger partial charge on any atom is -0.281 e. The van der Waals surface area contributed by atoms with E-state index in [4.69, 9.17) is 29.9 Å². The number of hydrogen-bond donors (Lipinski definition) is 0. The molecule has 0 saturated heterocycles. The summed E-state index contributed by atoms with van der Waals surface area (Å²) in [4.78, 5) is 46.5. The van der Waals surface area contributed by atoms with Crippen LogP contribution in [-0.2, 0) is 0 Å². The van der Waals surface area contributed by atoms with Crippen LogP contribution in [0.25, 0.3) is 111 Å². The van der Waals surface area contributed by atoms with Crippen molar-refractivity contribution in [2.24, 2.45) is 0 Å². The lowest BCUT2D eigenvalue weighted by Crippen LogP contribution is -2.20. The Balaban J connectivity index is 1.07. The second-order valence-electron chi connectivity index (χ2n) is 16.3. The topological polar surface area (TPSA) is 114 Å². The molecule has 0 aliphatic rings. The molecule has 0 aliphatic heterocycles. The van der Waals surface area contributed by atoms with E-state index in [1.165, 1.54) is 0 Å². The van der Waals surface area contributed by atoms with Crippen molar-refractivity contribution < 1.29 is 4.79 Å². The van der Waals surface area contributed by atoms with Gasteiger partial charge >= 0.3 is 0 Å². The highest BCUT2D eigenvalue weighted by Crippen LogP contribution is 2.36. The van der Waals surface area contributed by atoms with Crippen molar-refractivity contribution >= 4 is 93.0 Å². The van der Waals surface area contributed by atoms with E-state index in [-0.39, 0.29) is 35.4 Å². The van der Waals surface area contributed by atoms with Gasteiger partial charge in [0.25, 0.3) is 5.78 Å². The van der Waals surface area contributed by atoms with Crippen LogP contribution in [0, 0.1) is 0 Å². The van der Waals surface area contributed by atoms with Gasteiger partial charge in [0.05, 0.1) is 44.1 Å². The molecule has 0 fully saturated rings. The minimum atomic E-state index is -0.590. The largest absolute Gasteiger partial charge is 0.281 e. The standard InChI is InChI=1S/C55H32N10O/c66-49(50-56-52(62-41-25-9-1-17-33(41)34-18-2-10-26-42(34)62)60-53(57-50)63-43-27-11-3-19-35(43)36-20-4-12-28-44(36)63)51-58-54(64-45-29-13-5-21-37(45)38-22-6-14-30-46(38)64)61-55(59-51)65-47-31-15-7-23-39(47)40-24-8-16-32-48(40)65/h1-32H. The van der Waals surface area contributed by atoms with Crippen molar-refractivity contribution in [3.05, 3.63) is 206 Å². The number of aromatic nitrogens is 10. The summed E-state index contributed by atoms with van der Waals surface area (Å²) < 4.78 is 8.00. The van der Waals surface area contributed by atoms with Crippen LogP contribution in [0.2, 0.25) is 0 Å². The number of carbonyl (C=O) groups is 1. The van der Waals surface area contributed by atoms with E-state index in [1.54, 1.807) is 0 Å². The van der Waals surface area contributed by atoms with Crippen LogP contribution in [0.4, 0.5) is 0 Å². The minimum absolute atomic E-state index is 0.119. The van der Waals surface area contributed by atoms with Crippen molar-refractivity contribution in [2.75, 3.05) is 0 Å². The van der Waals surface area contributed by atoms with Crippen LogP contribution in [0.15, 0.2) is 194 Å². The number of para-hydroxylation sites is 8. The maximum atomic E-state index is 15.7. The van der Waals surface area contributed by atoms with Crippen LogP contribution >= 0.6 is 0 Å². The number of ketones is 1. The Bertz CT molecular complexity index is 3590. The predicted molar refractivity (Wildman–Crippen MR) is 260 cm³/mol.